The smallest absolute Gasteiger partial charge is 0.231 e. The Balaban J connectivity index is 1.78. The van der Waals surface area contributed by atoms with Crippen molar-refractivity contribution in [3.8, 4) is 22.6 Å². The van der Waals surface area contributed by atoms with Crippen LogP contribution in [0.4, 0.5) is 0 Å². The summed E-state index contributed by atoms with van der Waals surface area (Å²) in [5, 5.41) is 11.2. The van der Waals surface area contributed by atoms with Crippen LogP contribution in [0.2, 0.25) is 0 Å². The quantitative estimate of drug-likeness (QED) is 0.901. The zero-order valence-electron chi connectivity index (χ0n) is 14.7. The number of aliphatic hydroxyl groups excluding tert-OH is 1. The second-order valence-corrected chi connectivity index (χ2v) is 7.12. The van der Waals surface area contributed by atoms with Gasteiger partial charge in [-0.3, -0.25) is 4.79 Å². The fourth-order valence-electron chi connectivity index (χ4n) is 4.58. The molecule has 2 aliphatic heterocycles. The van der Waals surface area contributed by atoms with E-state index in [1.165, 1.54) is 0 Å². The van der Waals surface area contributed by atoms with E-state index in [0.29, 0.717) is 13.0 Å². The molecule has 1 aliphatic carbocycles. The molecule has 2 aromatic rings. The summed E-state index contributed by atoms with van der Waals surface area (Å²) in [4.78, 5) is 14.6. The summed E-state index contributed by atoms with van der Waals surface area (Å²) in [6.45, 7) is 2.83. The Kier molecular flexibility index (Phi) is 3.47. The predicted molar refractivity (Wildman–Crippen MR) is 96.0 cm³/mol. The van der Waals surface area contributed by atoms with Gasteiger partial charge in [0.25, 0.3) is 0 Å². The number of fused-ring (bicyclic) bond motifs is 4. The van der Waals surface area contributed by atoms with Crippen LogP contribution in [0.15, 0.2) is 30.3 Å². The van der Waals surface area contributed by atoms with E-state index in [1.54, 1.807) is 0 Å². The average molecular weight is 351 g/mol. The lowest BCUT2D eigenvalue weighted by molar-refractivity contribution is -0.137. The maximum atomic E-state index is 12.8. The molecule has 5 rings (SSSR count). The number of carbonyl (C=O) groups excluding carboxylic acids is 1. The van der Waals surface area contributed by atoms with Gasteiger partial charge in [0.05, 0.1) is 6.04 Å². The number of benzene rings is 2. The highest BCUT2D eigenvalue weighted by molar-refractivity contribution is 5.86. The van der Waals surface area contributed by atoms with Crippen molar-refractivity contribution in [3.05, 3.63) is 47.0 Å². The number of nitrogens with zero attached hydrogens (tertiary/aromatic N) is 1. The third kappa shape index (κ3) is 2.04. The molecule has 0 spiro atoms. The van der Waals surface area contributed by atoms with E-state index in [2.05, 4.69) is 0 Å². The van der Waals surface area contributed by atoms with Gasteiger partial charge in [0.15, 0.2) is 11.5 Å². The van der Waals surface area contributed by atoms with Crippen molar-refractivity contribution in [1.29, 1.82) is 0 Å². The van der Waals surface area contributed by atoms with Gasteiger partial charge in [-0.2, -0.15) is 0 Å². The summed E-state index contributed by atoms with van der Waals surface area (Å²) in [6, 6.07) is 9.51. The van der Waals surface area contributed by atoms with Gasteiger partial charge in [-0.15, -0.1) is 0 Å². The van der Waals surface area contributed by atoms with Crippen molar-refractivity contribution in [3.63, 3.8) is 0 Å². The minimum Gasteiger partial charge on any atom is -0.454 e. The molecule has 26 heavy (non-hydrogen) atoms. The minimum absolute atomic E-state index is 0.102. The van der Waals surface area contributed by atoms with Gasteiger partial charge in [0.1, 0.15) is 6.10 Å². The van der Waals surface area contributed by atoms with Crippen LogP contribution in [0.1, 0.15) is 48.6 Å². The molecule has 0 bridgehead atoms. The topological polar surface area (TPSA) is 59.0 Å². The Morgan fingerprint density at radius 2 is 2.15 bits per heavy atom. The number of amides is 1. The Morgan fingerprint density at radius 1 is 1.31 bits per heavy atom. The number of ether oxygens (including phenoxy) is 2. The maximum Gasteiger partial charge on any atom is 0.231 e. The monoisotopic (exact) mass is 351 g/mol. The van der Waals surface area contributed by atoms with E-state index in [4.69, 9.17) is 9.47 Å². The molecule has 0 saturated carbocycles. The average Bonchev–Trinajstić information content (AvgIpc) is 3.12. The Morgan fingerprint density at radius 3 is 3.00 bits per heavy atom. The molecule has 0 saturated heterocycles. The summed E-state index contributed by atoms with van der Waals surface area (Å²) in [7, 11) is 0. The van der Waals surface area contributed by atoms with Gasteiger partial charge in [0.2, 0.25) is 12.7 Å². The lowest BCUT2D eigenvalue weighted by atomic mass is 9.75. The molecule has 134 valence electrons. The number of hydrogen-bond donors (Lipinski definition) is 1. The molecule has 0 unspecified atom stereocenters. The Hall–Kier alpha value is -2.53. The number of hydrogen-bond acceptors (Lipinski definition) is 4. The zero-order valence-corrected chi connectivity index (χ0v) is 14.7. The second kappa shape index (κ2) is 5.74. The van der Waals surface area contributed by atoms with E-state index < -0.39 is 6.10 Å². The summed E-state index contributed by atoms with van der Waals surface area (Å²) in [5.41, 5.74) is 4.96. The first-order valence-electron chi connectivity index (χ1n) is 9.23. The largest absolute Gasteiger partial charge is 0.454 e. The second-order valence-electron chi connectivity index (χ2n) is 7.12. The van der Waals surface area contributed by atoms with Crippen molar-refractivity contribution >= 4 is 5.91 Å². The fourth-order valence-corrected chi connectivity index (χ4v) is 4.58. The van der Waals surface area contributed by atoms with Gasteiger partial charge < -0.3 is 19.5 Å². The van der Waals surface area contributed by atoms with Gasteiger partial charge in [-0.1, -0.05) is 31.2 Å². The first kappa shape index (κ1) is 15.7. The van der Waals surface area contributed by atoms with Crippen molar-refractivity contribution in [2.75, 3.05) is 13.3 Å². The van der Waals surface area contributed by atoms with Crippen LogP contribution in [0, 0.1) is 0 Å². The van der Waals surface area contributed by atoms with E-state index in [0.717, 1.165) is 52.2 Å². The zero-order chi connectivity index (χ0) is 17.8. The van der Waals surface area contributed by atoms with Crippen LogP contribution in [-0.4, -0.2) is 29.3 Å². The predicted octanol–water partition coefficient (Wildman–Crippen LogP) is 3.36. The Labute approximate surface area is 152 Å². The highest BCUT2D eigenvalue weighted by atomic mass is 16.7. The third-order valence-corrected chi connectivity index (χ3v) is 5.67. The summed E-state index contributed by atoms with van der Waals surface area (Å²) >= 11 is 0. The Bertz CT molecular complexity index is 907. The van der Waals surface area contributed by atoms with Gasteiger partial charge in [-0.05, 0) is 41.2 Å². The van der Waals surface area contributed by atoms with E-state index >= 15 is 0 Å². The molecular formula is C21H21NO4. The molecule has 5 heteroatoms. The maximum absolute atomic E-state index is 12.8. The highest BCUT2D eigenvalue weighted by Crippen LogP contribution is 2.56. The molecule has 0 radical (unpaired) electrons. The first-order valence-corrected chi connectivity index (χ1v) is 9.23. The summed E-state index contributed by atoms with van der Waals surface area (Å²) in [6.07, 6.45) is 1.33. The van der Waals surface area contributed by atoms with Crippen molar-refractivity contribution in [2.45, 2.75) is 38.3 Å². The third-order valence-electron chi connectivity index (χ3n) is 5.67. The fraction of sp³-hybridized carbons (Fsp3) is 0.381. The van der Waals surface area contributed by atoms with Gasteiger partial charge in [0, 0.05) is 18.5 Å². The van der Waals surface area contributed by atoms with Crippen LogP contribution in [-0.2, 0) is 11.2 Å². The number of rotatable bonds is 2. The van der Waals surface area contributed by atoms with E-state index in [-0.39, 0.29) is 18.7 Å². The molecule has 0 fully saturated rings. The van der Waals surface area contributed by atoms with Crippen molar-refractivity contribution in [1.82, 2.24) is 4.90 Å². The van der Waals surface area contributed by atoms with Crippen molar-refractivity contribution in [2.24, 2.45) is 0 Å². The molecule has 2 heterocycles. The lowest BCUT2D eigenvalue weighted by Gasteiger charge is -2.44. The summed E-state index contributed by atoms with van der Waals surface area (Å²) in [5.74, 6) is 1.60. The molecule has 5 nitrogen and oxygen atoms in total. The van der Waals surface area contributed by atoms with Crippen molar-refractivity contribution < 1.29 is 19.4 Å². The molecule has 1 amide bonds. The van der Waals surface area contributed by atoms with E-state index in [1.807, 2.05) is 42.2 Å². The molecular weight excluding hydrogens is 330 g/mol. The first-order chi connectivity index (χ1) is 12.7. The lowest BCUT2D eigenvalue weighted by Crippen LogP contribution is -2.44. The van der Waals surface area contributed by atoms with Gasteiger partial charge >= 0.3 is 0 Å². The molecule has 0 aromatic heterocycles. The number of aliphatic hydroxyl groups is 1. The van der Waals surface area contributed by atoms with Gasteiger partial charge in [-0.25, -0.2) is 0 Å². The number of carbonyl (C=O) groups is 1. The van der Waals surface area contributed by atoms with Crippen LogP contribution in [0.25, 0.3) is 11.1 Å². The van der Waals surface area contributed by atoms with Crippen LogP contribution in [0.5, 0.6) is 11.5 Å². The minimum atomic E-state index is -0.737. The molecule has 3 aliphatic rings. The van der Waals surface area contributed by atoms with E-state index in [9.17, 15) is 9.90 Å². The van der Waals surface area contributed by atoms with Crippen LogP contribution in [0.3, 0.4) is 0 Å². The molecule has 2 atom stereocenters. The highest BCUT2D eigenvalue weighted by Gasteiger charge is 2.44. The normalized spacial score (nSPS) is 22.0. The van der Waals surface area contributed by atoms with Crippen LogP contribution >= 0.6 is 0 Å². The van der Waals surface area contributed by atoms with Crippen LogP contribution < -0.4 is 9.47 Å². The molecule has 1 N–H and O–H groups in total. The molecule has 2 aromatic carbocycles. The summed E-state index contributed by atoms with van der Waals surface area (Å²) < 4.78 is 11.5. The standard InChI is InChI=1S/C21H21NO4/c1-2-5-16(23)22-9-8-12-10-15-21(26-11-25-15)18-13-6-3-4-7-14(13)20(24)19(22)17(12)18/h3-4,6-7,10,19-20,24H,2,5,8-9,11H2,1H3/t19-,20+/m0/s1. The SMILES string of the molecule is CCCC(=O)N1CCc2cc3c(c4c2[C@H]1[C@H](O)c1ccccc1-4)OCO3.